The molecule has 0 radical (unpaired) electrons. The summed E-state index contributed by atoms with van der Waals surface area (Å²) in [5, 5.41) is 17.0. The molecule has 0 aliphatic heterocycles. The molecule has 0 bridgehead atoms. The molecular formula is C23H20FN7O5. The SMILES string of the molecule is Nc1nc(Oc2ccc(NC(=O)N[C@@H](CC(=O)Nc3ccccc3F)C(=O)O)cc2)c2cc[nH]c2n1. The maximum absolute atomic E-state index is 13.7. The van der Waals surface area contributed by atoms with Crippen LogP contribution in [0.3, 0.4) is 0 Å². The number of H-pyrrole nitrogens is 1. The number of aliphatic carboxylic acids is 1. The molecule has 1 atom stereocenters. The fourth-order valence-electron chi connectivity index (χ4n) is 3.20. The van der Waals surface area contributed by atoms with Gasteiger partial charge in [-0.2, -0.15) is 9.97 Å². The smallest absolute Gasteiger partial charge is 0.326 e. The summed E-state index contributed by atoms with van der Waals surface area (Å²) in [6, 6.07) is 10.9. The van der Waals surface area contributed by atoms with Gasteiger partial charge in [0.1, 0.15) is 23.3 Å². The van der Waals surface area contributed by atoms with Crippen LogP contribution in [0.25, 0.3) is 11.0 Å². The predicted molar refractivity (Wildman–Crippen MR) is 128 cm³/mol. The quantitative estimate of drug-likeness (QED) is 0.216. The number of ether oxygens (including phenoxy) is 1. The molecule has 36 heavy (non-hydrogen) atoms. The average molecular weight is 493 g/mol. The number of hydrogen-bond acceptors (Lipinski definition) is 7. The maximum atomic E-state index is 13.7. The lowest BCUT2D eigenvalue weighted by atomic mass is 10.2. The summed E-state index contributed by atoms with van der Waals surface area (Å²) in [5.41, 5.74) is 6.44. The van der Waals surface area contributed by atoms with Gasteiger partial charge in [0.25, 0.3) is 0 Å². The summed E-state index contributed by atoms with van der Waals surface area (Å²) in [4.78, 5) is 47.0. The Morgan fingerprint density at radius 1 is 1.06 bits per heavy atom. The van der Waals surface area contributed by atoms with Gasteiger partial charge in [0.2, 0.25) is 17.7 Å². The van der Waals surface area contributed by atoms with Crippen molar-refractivity contribution in [2.24, 2.45) is 0 Å². The molecule has 12 nitrogen and oxygen atoms in total. The number of urea groups is 1. The van der Waals surface area contributed by atoms with E-state index in [0.29, 0.717) is 22.5 Å². The van der Waals surface area contributed by atoms with Crippen LogP contribution in [-0.2, 0) is 9.59 Å². The Morgan fingerprint density at radius 2 is 1.81 bits per heavy atom. The van der Waals surface area contributed by atoms with Crippen molar-refractivity contribution in [2.45, 2.75) is 12.5 Å². The van der Waals surface area contributed by atoms with Crippen LogP contribution in [0, 0.1) is 5.82 Å². The van der Waals surface area contributed by atoms with E-state index in [1.165, 1.54) is 30.3 Å². The van der Waals surface area contributed by atoms with Gasteiger partial charge in [-0.1, -0.05) is 12.1 Å². The summed E-state index contributed by atoms with van der Waals surface area (Å²) < 4.78 is 19.4. The van der Waals surface area contributed by atoms with Gasteiger partial charge < -0.3 is 36.5 Å². The van der Waals surface area contributed by atoms with Crippen LogP contribution >= 0.6 is 0 Å². The van der Waals surface area contributed by atoms with E-state index in [1.54, 1.807) is 24.4 Å². The van der Waals surface area contributed by atoms with E-state index in [-0.39, 0.29) is 17.5 Å². The molecule has 3 amide bonds. The molecule has 13 heteroatoms. The molecule has 2 heterocycles. The minimum atomic E-state index is -1.55. The van der Waals surface area contributed by atoms with Crippen LogP contribution in [-0.4, -0.2) is 44.0 Å². The second-order valence-electron chi connectivity index (χ2n) is 7.47. The number of carboxylic acid groups (broad SMARTS) is 1. The molecule has 0 aliphatic carbocycles. The fourth-order valence-corrected chi connectivity index (χ4v) is 3.20. The highest BCUT2D eigenvalue weighted by Gasteiger charge is 2.24. The van der Waals surface area contributed by atoms with Crippen molar-refractivity contribution in [3.63, 3.8) is 0 Å². The highest BCUT2D eigenvalue weighted by atomic mass is 19.1. The van der Waals surface area contributed by atoms with E-state index in [1.807, 2.05) is 0 Å². The molecule has 4 rings (SSSR count). The lowest BCUT2D eigenvalue weighted by molar-refractivity contribution is -0.140. The first kappa shape index (κ1) is 23.9. The molecule has 0 unspecified atom stereocenters. The number of nitrogens with zero attached hydrogens (tertiary/aromatic N) is 2. The third kappa shape index (κ3) is 5.83. The summed E-state index contributed by atoms with van der Waals surface area (Å²) in [7, 11) is 0. The van der Waals surface area contributed by atoms with Crippen LogP contribution in [0.5, 0.6) is 11.6 Å². The molecule has 0 saturated carbocycles. The first-order valence-corrected chi connectivity index (χ1v) is 10.5. The van der Waals surface area contributed by atoms with E-state index >= 15 is 0 Å². The first-order valence-electron chi connectivity index (χ1n) is 10.5. The van der Waals surface area contributed by atoms with Crippen molar-refractivity contribution in [1.29, 1.82) is 0 Å². The Bertz CT molecular complexity index is 1420. The second kappa shape index (κ2) is 10.4. The highest BCUT2D eigenvalue weighted by molar-refractivity contribution is 5.97. The standard InChI is InChI=1S/C23H20FN7O5/c24-15-3-1-2-4-16(15)28-18(32)11-17(21(33)34)29-23(35)27-12-5-7-13(8-6-12)36-20-14-9-10-26-19(14)30-22(25)31-20/h1-10,17H,11H2,(H,28,32)(H,33,34)(H2,27,29,35)(H3,25,26,30,31)/t17-/m0/s1. The zero-order valence-corrected chi connectivity index (χ0v) is 18.5. The number of anilines is 3. The molecule has 0 saturated heterocycles. The van der Waals surface area contributed by atoms with Gasteiger partial charge >= 0.3 is 12.0 Å². The Kier molecular flexibility index (Phi) is 6.90. The second-order valence-corrected chi connectivity index (χ2v) is 7.47. The van der Waals surface area contributed by atoms with Crippen molar-refractivity contribution < 1.29 is 28.6 Å². The number of benzene rings is 2. The van der Waals surface area contributed by atoms with Crippen LogP contribution < -0.4 is 26.4 Å². The molecule has 2 aromatic heterocycles. The third-order valence-electron chi connectivity index (χ3n) is 4.87. The number of hydrogen-bond donors (Lipinski definition) is 6. The Morgan fingerprint density at radius 3 is 2.53 bits per heavy atom. The van der Waals surface area contributed by atoms with Gasteiger partial charge in [0, 0.05) is 11.9 Å². The highest BCUT2D eigenvalue weighted by Crippen LogP contribution is 2.28. The van der Waals surface area contributed by atoms with E-state index in [9.17, 15) is 23.9 Å². The van der Waals surface area contributed by atoms with Crippen LogP contribution in [0.4, 0.5) is 26.5 Å². The van der Waals surface area contributed by atoms with Gasteiger partial charge in [-0.3, -0.25) is 4.79 Å². The van der Waals surface area contributed by atoms with Gasteiger partial charge in [-0.15, -0.1) is 0 Å². The number of amides is 3. The summed E-state index contributed by atoms with van der Waals surface area (Å²) in [6.07, 6.45) is 1.06. The minimum Gasteiger partial charge on any atom is -0.480 e. The number of fused-ring (bicyclic) bond motifs is 1. The summed E-state index contributed by atoms with van der Waals surface area (Å²) >= 11 is 0. The molecule has 7 N–H and O–H groups in total. The number of aromatic nitrogens is 3. The van der Waals surface area contributed by atoms with Gasteiger partial charge in [0.05, 0.1) is 17.5 Å². The topological polar surface area (TPSA) is 184 Å². The maximum Gasteiger partial charge on any atom is 0.326 e. The predicted octanol–water partition coefficient (Wildman–Crippen LogP) is 3.08. The Hall–Kier alpha value is -5.20. The van der Waals surface area contributed by atoms with Crippen molar-refractivity contribution in [3.8, 4) is 11.6 Å². The number of para-hydroxylation sites is 1. The lowest BCUT2D eigenvalue weighted by Crippen LogP contribution is -2.45. The van der Waals surface area contributed by atoms with Crippen LogP contribution in [0.15, 0.2) is 60.8 Å². The number of nitrogen functional groups attached to an aromatic ring is 1. The molecule has 2 aromatic carbocycles. The van der Waals surface area contributed by atoms with Gasteiger partial charge in [-0.05, 0) is 42.5 Å². The van der Waals surface area contributed by atoms with Gasteiger partial charge in [-0.25, -0.2) is 14.0 Å². The van der Waals surface area contributed by atoms with Crippen molar-refractivity contribution >= 4 is 46.3 Å². The van der Waals surface area contributed by atoms with Crippen molar-refractivity contribution in [1.82, 2.24) is 20.3 Å². The molecule has 0 aliphatic rings. The Balaban J connectivity index is 1.34. The summed E-state index contributed by atoms with van der Waals surface area (Å²) in [5.74, 6) is -2.21. The summed E-state index contributed by atoms with van der Waals surface area (Å²) in [6.45, 7) is 0. The van der Waals surface area contributed by atoms with E-state index in [2.05, 4.69) is 30.9 Å². The minimum absolute atomic E-state index is 0.0328. The van der Waals surface area contributed by atoms with Crippen molar-refractivity contribution in [3.05, 3.63) is 66.6 Å². The number of halogens is 1. The van der Waals surface area contributed by atoms with Crippen LogP contribution in [0.1, 0.15) is 6.42 Å². The monoisotopic (exact) mass is 493 g/mol. The lowest BCUT2D eigenvalue weighted by Gasteiger charge is -2.15. The average Bonchev–Trinajstić information content (AvgIpc) is 3.30. The first-order chi connectivity index (χ1) is 17.3. The Labute approximate surface area is 202 Å². The number of aromatic amines is 1. The van der Waals surface area contributed by atoms with Crippen LogP contribution in [0.2, 0.25) is 0 Å². The zero-order valence-electron chi connectivity index (χ0n) is 18.5. The molecule has 184 valence electrons. The molecule has 0 spiro atoms. The fraction of sp³-hybridized carbons (Fsp3) is 0.0870. The van der Waals surface area contributed by atoms with Gasteiger partial charge in [0.15, 0.2) is 0 Å². The molecule has 0 fully saturated rings. The molecule has 4 aromatic rings. The van der Waals surface area contributed by atoms with E-state index in [4.69, 9.17) is 10.5 Å². The normalized spacial score (nSPS) is 11.5. The largest absolute Gasteiger partial charge is 0.480 e. The third-order valence-corrected chi connectivity index (χ3v) is 4.87. The zero-order chi connectivity index (χ0) is 25.7. The van der Waals surface area contributed by atoms with E-state index < -0.39 is 36.2 Å². The number of carbonyl (C=O) groups excluding carboxylic acids is 2. The number of carbonyl (C=O) groups is 3. The van der Waals surface area contributed by atoms with Crippen molar-refractivity contribution in [2.75, 3.05) is 16.4 Å². The number of carboxylic acids is 1. The number of rotatable bonds is 8. The molecular weight excluding hydrogens is 473 g/mol. The number of nitrogens with two attached hydrogens (primary N) is 1. The number of nitrogens with one attached hydrogen (secondary N) is 4. The van der Waals surface area contributed by atoms with E-state index in [0.717, 1.165) is 6.07 Å².